The van der Waals surface area contributed by atoms with Gasteiger partial charge in [-0.2, -0.15) is 4.31 Å². The molecule has 7 nitrogen and oxygen atoms in total. The van der Waals surface area contributed by atoms with E-state index in [4.69, 9.17) is 0 Å². The van der Waals surface area contributed by atoms with Crippen LogP contribution >= 0.6 is 0 Å². The molecule has 2 fully saturated rings. The van der Waals surface area contributed by atoms with Crippen LogP contribution < -0.4 is 4.90 Å². The van der Waals surface area contributed by atoms with E-state index in [0.29, 0.717) is 19.4 Å². The van der Waals surface area contributed by atoms with Gasteiger partial charge in [0.25, 0.3) is 0 Å². The normalized spacial score (nSPS) is 30.1. The Balaban J connectivity index is 1.58. The van der Waals surface area contributed by atoms with E-state index in [1.165, 1.54) is 4.31 Å². The molecule has 0 saturated carbocycles. The standard InChI is InChI=1S/C18H20N2O5S/c21-16-8-11-7-13(6-10-2-1-5-19(16)17(10)11)26(24,25)20-12-3-4-15(20)14(9-12)18(22)23/h6-7,12,14-15H,1-5,8-9H2,(H,22,23). The number of nitrogens with zero attached hydrogens (tertiary/aromatic N) is 2. The molecule has 4 heterocycles. The first kappa shape index (κ1) is 16.3. The predicted molar refractivity (Wildman–Crippen MR) is 92.4 cm³/mol. The van der Waals surface area contributed by atoms with Crippen molar-refractivity contribution in [1.82, 2.24) is 4.31 Å². The molecule has 4 aliphatic rings. The Bertz CT molecular complexity index is 941. The van der Waals surface area contributed by atoms with E-state index in [2.05, 4.69) is 0 Å². The largest absolute Gasteiger partial charge is 0.481 e. The Hall–Kier alpha value is -1.93. The Morgan fingerprint density at radius 2 is 1.96 bits per heavy atom. The summed E-state index contributed by atoms with van der Waals surface area (Å²) in [5, 5.41) is 9.40. The summed E-state index contributed by atoms with van der Waals surface area (Å²) in [4.78, 5) is 25.7. The molecule has 0 aromatic heterocycles. The zero-order valence-corrected chi connectivity index (χ0v) is 15.0. The van der Waals surface area contributed by atoms with Crippen molar-refractivity contribution in [2.45, 2.75) is 55.5 Å². The Morgan fingerprint density at radius 3 is 2.69 bits per heavy atom. The van der Waals surface area contributed by atoms with E-state index in [-0.39, 0.29) is 23.3 Å². The number of anilines is 1. The van der Waals surface area contributed by atoms with Crippen molar-refractivity contribution in [2.75, 3.05) is 11.4 Å². The van der Waals surface area contributed by atoms with Gasteiger partial charge in [0.15, 0.2) is 0 Å². The molecule has 3 unspecified atom stereocenters. The number of carbonyl (C=O) groups excluding carboxylic acids is 1. The van der Waals surface area contributed by atoms with E-state index in [9.17, 15) is 23.1 Å². The molecule has 8 heteroatoms. The predicted octanol–water partition coefficient (Wildman–Crippen LogP) is 1.15. The highest BCUT2D eigenvalue weighted by Gasteiger charge is 2.54. The van der Waals surface area contributed by atoms with Gasteiger partial charge in [-0.05, 0) is 55.4 Å². The molecule has 5 rings (SSSR count). The van der Waals surface area contributed by atoms with Crippen molar-refractivity contribution < 1.29 is 23.1 Å². The molecule has 1 aromatic rings. The number of carboxylic acids is 1. The third-order valence-corrected chi connectivity index (χ3v) is 8.30. The summed E-state index contributed by atoms with van der Waals surface area (Å²) in [5.41, 5.74) is 2.60. The second kappa shape index (κ2) is 5.29. The minimum absolute atomic E-state index is 0.0303. The van der Waals surface area contributed by atoms with Gasteiger partial charge in [0.1, 0.15) is 0 Å². The topological polar surface area (TPSA) is 95.0 Å². The number of benzene rings is 1. The van der Waals surface area contributed by atoms with Crippen molar-refractivity contribution in [3.8, 4) is 0 Å². The second-order valence-electron chi connectivity index (χ2n) is 7.73. The molecular weight excluding hydrogens is 356 g/mol. The van der Waals surface area contributed by atoms with Crippen LogP contribution in [0.15, 0.2) is 17.0 Å². The zero-order chi connectivity index (χ0) is 18.2. The maximum absolute atomic E-state index is 13.3. The molecule has 2 bridgehead atoms. The van der Waals surface area contributed by atoms with Crippen molar-refractivity contribution >= 4 is 27.6 Å². The number of aryl methyl sites for hydroxylation is 1. The second-order valence-corrected chi connectivity index (χ2v) is 9.57. The monoisotopic (exact) mass is 376 g/mol. The number of sulfonamides is 1. The fourth-order valence-electron chi connectivity index (χ4n) is 5.30. The van der Waals surface area contributed by atoms with Crippen LogP contribution in [0.25, 0.3) is 0 Å². The van der Waals surface area contributed by atoms with Crippen LogP contribution in [0, 0.1) is 5.92 Å². The van der Waals surface area contributed by atoms with Crippen LogP contribution in [0.4, 0.5) is 5.69 Å². The minimum Gasteiger partial charge on any atom is -0.481 e. The van der Waals surface area contributed by atoms with E-state index < -0.39 is 28.0 Å². The van der Waals surface area contributed by atoms with Crippen LogP contribution in [0.2, 0.25) is 0 Å². The Kier molecular flexibility index (Phi) is 3.31. The van der Waals surface area contributed by atoms with Crippen molar-refractivity contribution in [1.29, 1.82) is 0 Å². The van der Waals surface area contributed by atoms with Crippen LogP contribution in [-0.2, 0) is 32.5 Å². The van der Waals surface area contributed by atoms with Gasteiger partial charge in [-0.15, -0.1) is 0 Å². The number of aliphatic carboxylic acids is 1. The molecule has 0 radical (unpaired) electrons. The van der Waals surface area contributed by atoms with Gasteiger partial charge >= 0.3 is 5.97 Å². The van der Waals surface area contributed by atoms with Crippen molar-refractivity contribution in [3.63, 3.8) is 0 Å². The van der Waals surface area contributed by atoms with E-state index in [1.807, 2.05) is 0 Å². The molecular formula is C18H20N2O5S. The summed E-state index contributed by atoms with van der Waals surface area (Å²) in [7, 11) is -3.77. The van der Waals surface area contributed by atoms with Gasteiger partial charge < -0.3 is 10.0 Å². The molecule has 26 heavy (non-hydrogen) atoms. The van der Waals surface area contributed by atoms with E-state index >= 15 is 0 Å². The molecule has 2 saturated heterocycles. The first-order valence-electron chi connectivity index (χ1n) is 9.10. The Labute approximate surface area is 151 Å². The molecule has 1 amide bonds. The summed E-state index contributed by atoms with van der Waals surface area (Å²) in [5.74, 6) is -1.50. The van der Waals surface area contributed by atoms with E-state index in [0.717, 1.165) is 36.1 Å². The minimum atomic E-state index is -3.77. The Morgan fingerprint density at radius 1 is 1.19 bits per heavy atom. The molecule has 138 valence electrons. The number of hydrogen-bond acceptors (Lipinski definition) is 4. The lowest BCUT2D eigenvalue weighted by atomic mass is 9.89. The molecule has 0 aliphatic carbocycles. The first-order chi connectivity index (χ1) is 12.4. The van der Waals surface area contributed by atoms with Gasteiger partial charge in [-0.3, -0.25) is 9.59 Å². The molecule has 4 aliphatic heterocycles. The summed E-state index contributed by atoms with van der Waals surface area (Å²) in [6, 6.07) is 2.65. The third kappa shape index (κ3) is 2.05. The number of amides is 1. The quantitative estimate of drug-likeness (QED) is 0.854. The number of rotatable bonds is 3. The van der Waals surface area contributed by atoms with E-state index in [1.54, 1.807) is 17.0 Å². The summed E-state index contributed by atoms with van der Waals surface area (Å²) in [6.45, 7) is 0.696. The maximum Gasteiger partial charge on any atom is 0.308 e. The SMILES string of the molecule is O=C(O)C1CC2CCC1N2S(=O)(=O)c1cc2c3c(c1)CC(=O)N3CCC2. The van der Waals surface area contributed by atoms with Crippen LogP contribution in [0.5, 0.6) is 0 Å². The molecule has 3 atom stereocenters. The average Bonchev–Trinajstić information content (AvgIpc) is 3.28. The number of fused-ring (bicyclic) bond motifs is 2. The highest BCUT2D eigenvalue weighted by molar-refractivity contribution is 7.89. The van der Waals surface area contributed by atoms with Crippen molar-refractivity contribution in [3.05, 3.63) is 23.3 Å². The fraction of sp³-hybridized carbons (Fsp3) is 0.556. The number of hydrogen-bond donors (Lipinski definition) is 1. The summed E-state index contributed by atoms with van der Waals surface area (Å²) < 4.78 is 28.1. The van der Waals surface area contributed by atoms with Crippen LogP contribution in [-0.4, -0.2) is 48.3 Å². The lowest BCUT2D eigenvalue weighted by Crippen LogP contribution is -2.38. The number of carboxylic acid groups (broad SMARTS) is 1. The highest BCUT2D eigenvalue weighted by atomic mass is 32.2. The maximum atomic E-state index is 13.3. The van der Waals surface area contributed by atoms with Crippen LogP contribution in [0.3, 0.4) is 0 Å². The summed E-state index contributed by atoms with van der Waals surface area (Å²) in [6.07, 6.45) is 3.56. The van der Waals surface area contributed by atoms with Crippen LogP contribution in [0.1, 0.15) is 36.8 Å². The molecule has 1 aromatic carbocycles. The van der Waals surface area contributed by atoms with Gasteiger partial charge in [0.05, 0.1) is 22.9 Å². The van der Waals surface area contributed by atoms with Gasteiger partial charge in [0.2, 0.25) is 15.9 Å². The number of carbonyl (C=O) groups is 2. The highest BCUT2D eigenvalue weighted by Crippen LogP contribution is 2.46. The summed E-state index contributed by atoms with van der Waals surface area (Å²) >= 11 is 0. The lowest BCUT2D eigenvalue weighted by Gasteiger charge is -2.27. The third-order valence-electron chi connectivity index (χ3n) is 6.35. The fourth-order valence-corrected chi connectivity index (χ4v) is 7.32. The first-order valence-corrected chi connectivity index (χ1v) is 10.5. The smallest absolute Gasteiger partial charge is 0.308 e. The lowest BCUT2D eigenvalue weighted by molar-refractivity contribution is -0.142. The average molecular weight is 376 g/mol. The van der Waals surface area contributed by atoms with Gasteiger partial charge in [-0.1, -0.05) is 0 Å². The van der Waals surface area contributed by atoms with Gasteiger partial charge in [-0.25, -0.2) is 8.42 Å². The van der Waals surface area contributed by atoms with Crippen molar-refractivity contribution in [2.24, 2.45) is 5.92 Å². The molecule has 1 N–H and O–H groups in total. The zero-order valence-electron chi connectivity index (χ0n) is 14.2. The van der Waals surface area contributed by atoms with Gasteiger partial charge in [0, 0.05) is 18.6 Å². The molecule has 0 spiro atoms.